The van der Waals surface area contributed by atoms with E-state index < -0.39 is 0 Å². The van der Waals surface area contributed by atoms with Crippen molar-refractivity contribution in [1.29, 1.82) is 0 Å². The van der Waals surface area contributed by atoms with Crippen LogP contribution in [-0.2, 0) is 19.3 Å². The van der Waals surface area contributed by atoms with Crippen molar-refractivity contribution in [3.05, 3.63) is 112 Å². The zero-order valence-electron chi connectivity index (χ0n) is 16.3. The van der Waals surface area contributed by atoms with Gasteiger partial charge in [0.1, 0.15) is 11.5 Å². The number of nitrogens with zero attached hydrogens (tertiary/aromatic N) is 3. The van der Waals surface area contributed by atoms with E-state index in [0.717, 1.165) is 46.4 Å². The maximum absolute atomic E-state index is 14.3. The van der Waals surface area contributed by atoms with Crippen LogP contribution in [0.15, 0.2) is 65.8 Å². The molecule has 3 aromatic rings. The third-order valence-corrected chi connectivity index (χ3v) is 6.45. The monoisotopic (exact) mass is 391 g/mol. The molecular weight excluding hydrogens is 373 g/mol. The first kappa shape index (κ1) is 18.3. The number of hydrogen-bond acceptors (Lipinski definition) is 1. The molecule has 0 saturated heterocycles. The molecule has 1 unspecified atom stereocenters. The maximum Gasteiger partial charge on any atom is 0.187 e. The average molecular weight is 391 g/mol. The second-order valence-electron chi connectivity index (χ2n) is 8.09. The fourth-order valence-corrected chi connectivity index (χ4v) is 5.05. The molecule has 1 atom stereocenters. The van der Waals surface area contributed by atoms with Gasteiger partial charge in [0, 0.05) is 11.0 Å². The molecule has 0 heterocycles. The van der Waals surface area contributed by atoms with Crippen LogP contribution in [0.3, 0.4) is 0 Å². The number of rotatable bonds is 1. The first-order valence-electron chi connectivity index (χ1n) is 9.96. The lowest BCUT2D eigenvalue weighted by Gasteiger charge is -2.34. The normalized spacial score (nSPS) is 20.4. The van der Waals surface area contributed by atoms with Crippen molar-refractivity contribution in [1.82, 2.24) is 0 Å². The summed E-state index contributed by atoms with van der Waals surface area (Å²) in [5, 5.41) is 4.27. The third kappa shape index (κ3) is 2.81. The van der Waals surface area contributed by atoms with Crippen LogP contribution in [0.5, 0.6) is 0 Å². The summed E-state index contributed by atoms with van der Waals surface area (Å²) in [6, 6.07) is 19.1. The first-order chi connectivity index (χ1) is 14.6. The Hall–Kier alpha value is -3.76. The maximum atomic E-state index is 14.3. The Morgan fingerprint density at radius 3 is 2.53 bits per heavy atom. The highest BCUT2D eigenvalue weighted by molar-refractivity contribution is 6.10. The van der Waals surface area contributed by atoms with E-state index in [1.807, 2.05) is 24.3 Å². The number of hydrogen-bond donors (Lipinski definition) is 0. The van der Waals surface area contributed by atoms with Crippen LogP contribution in [0.25, 0.3) is 20.9 Å². The minimum Gasteiger partial charge on any atom is -0.238 e. The molecule has 2 aliphatic carbocycles. The van der Waals surface area contributed by atoms with Crippen molar-refractivity contribution in [2.24, 2.45) is 10.5 Å². The summed E-state index contributed by atoms with van der Waals surface area (Å²) in [6.45, 7) is 14.7. The van der Waals surface area contributed by atoms with Crippen molar-refractivity contribution in [2.75, 3.05) is 0 Å². The van der Waals surface area contributed by atoms with E-state index in [1.165, 1.54) is 11.6 Å². The summed E-state index contributed by atoms with van der Waals surface area (Å²) in [5.41, 5.74) is 7.18. The van der Waals surface area contributed by atoms with Crippen molar-refractivity contribution in [3.63, 3.8) is 0 Å². The van der Waals surface area contributed by atoms with E-state index in [4.69, 9.17) is 13.1 Å². The van der Waals surface area contributed by atoms with E-state index in [1.54, 1.807) is 12.1 Å². The highest BCUT2D eigenvalue weighted by Crippen LogP contribution is 2.48. The van der Waals surface area contributed by atoms with E-state index in [-0.39, 0.29) is 11.2 Å². The summed E-state index contributed by atoms with van der Waals surface area (Å²) in [6.07, 6.45) is 2.96. The van der Waals surface area contributed by atoms with Crippen molar-refractivity contribution in [3.8, 4) is 11.1 Å². The molecule has 0 aliphatic heterocycles. The van der Waals surface area contributed by atoms with Gasteiger partial charge in [0.15, 0.2) is 5.69 Å². The predicted octanol–water partition coefficient (Wildman–Crippen LogP) is 6.40. The van der Waals surface area contributed by atoms with Gasteiger partial charge in [-0.3, -0.25) is 0 Å². The molecule has 144 valence electrons. The van der Waals surface area contributed by atoms with Gasteiger partial charge < -0.3 is 0 Å². The van der Waals surface area contributed by atoms with E-state index in [9.17, 15) is 4.39 Å². The Kier molecular flexibility index (Phi) is 4.23. The Bertz CT molecular complexity index is 1290. The van der Waals surface area contributed by atoms with Crippen LogP contribution in [0.2, 0.25) is 0 Å². The molecule has 3 aromatic carbocycles. The molecule has 2 aliphatic rings. The van der Waals surface area contributed by atoms with Gasteiger partial charge in [-0.2, -0.15) is 6.57 Å². The lowest BCUT2D eigenvalue weighted by Crippen LogP contribution is -2.35. The zero-order valence-corrected chi connectivity index (χ0v) is 16.3. The molecule has 0 fully saturated rings. The molecule has 0 aromatic heterocycles. The van der Waals surface area contributed by atoms with Gasteiger partial charge in [-0.1, -0.05) is 42.5 Å². The molecule has 0 saturated carbocycles. The zero-order chi connectivity index (χ0) is 20.7. The largest absolute Gasteiger partial charge is 0.238 e. The Balaban J connectivity index is 1.59. The van der Waals surface area contributed by atoms with Crippen LogP contribution < -0.4 is 0 Å². The summed E-state index contributed by atoms with van der Waals surface area (Å²) in [4.78, 5) is 6.92. The molecule has 4 heteroatoms. The molecule has 30 heavy (non-hydrogen) atoms. The summed E-state index contributed by atoms with van der Waals surface area (Å²) < 4.78 is 14.3. The first-order valence-corrected chi connectivity index (χ1v) is 9.96. The SMILES string of the molecule is [C-]#[N+]/N=C1\c2cc(-c3cccc([N+]#[C-])c3)ccc2CC12CCc1c(F)cccc1C2. The third-order valence-electron chi connectivity index (χ3n) is 6.45. The van der Waals surface area contributed by atoms with Crippen molar-refractivity contribution < 1.29 is 4.39 Å². The molecule has 3 nitrogen and oxygen atoms in total. The second-order valence-corrected chi connectivity index (χ2v) is 8.09. The molecule has 0 N–H and O–H groups in total. The molecule has 0 radical (unpaired) electrons. The minimum atomic E-state index is -0.259. The fourth-order valence-electron chi connectivity index (χ4n) is 5.05. The summed E-state index contributed by atoms with van der Waals surface area (Å²) in [5.74, 6) is -0.136. The highest BCUT2D eigenvalue weighted by atomic mass is 19.1. The minimum absolute atomic E-state index is 0.136. The van der Waals surface area contributed by atoms with E-state index in [0.29, 0.717) is 18.5 Å². The smallest absolute Gasteiger partial charge is 0.187 e. The molecule has 1 spiro atoms. The molecule has 5 rings (SSSR count). The number of fused-ring (bicyclic) bond motifs is 2. The molecule has 0 bridgehead atoms. The van der Waals surface area contributed by atoms with Gasteiger partial charge in [0.2, 0.25) is 0 Å². The summed E-state index contributed by atoms with van der Waals surface area (Å²) >= 11 is 0. The highest BCUT2D eigenvalue weighted by Gasteiger charge is 2.47. The number of benzene rings is 3. The lowest BCUT2D eigenvalue weighted by atomic mass is 9.68. The predicted molar refractivity (Wildman–Crippen MR) is 116 cm³/mol. The van der Waals surface area contributed by atoms with Crippen molar-refractivity contribution >= 4 is 11.4 Å². The van der Waals surface area contributed by atoms with Gasteiger partial charge in [-0.15, -0.1) is 4.95 Å². The molecule has 0 amide bonds. The van der Waals surface area contributed by atoms with Gasteiger partial charge >= 0.3 is 0 Å². The van der Waals surface area contributed by atoms with Gasteiger partial charge in [0.05, 0.1) is 11.7 Å². The topological polar surface area (TPSA) is 21.1 Å². The molecular formula is C26H18FN3. The van der Waals surface area contributed by atoms with Crippen LogP contribution in [0.4, 0.5) is 10.1 Å². The quantitative estimate of drug-likeness (QED) is 0.338. The van der Waals surface area contributed by atoms with Gasteiger partial charge in [-0.25, -0.2) is 9.24 Å². The van der Waals surface area contributed by atoms with Crippen LogP contribution in [-0.4, -0.2) is 5.71 Å². The van der Waals surface area contributed by atoms with Gasteiger partial charge in [-0.05, 0) is 71.7 Å². The van der Waals surface area contributed by atoms with Gasteiger partial charge in [0.25, 0.3) is 0 Å². The fraction of sp³-hybridized carbons (Fsp3) is 0.192. The Labute approximate surface area is 175 Å². The van der Waals surface area contributed by atoms with E-state index in [2.05, 4.69) is 33.1 Å². The summed E-state index contributed by atoms with van der Waals surface area (Å²) in [7, 11) is 0. The lowest BCUT2D eigenvalue weighted by molar-refractivity contribution is 0.366. The van der Waals surface area contributed by atoms with E-state index >= 15 is 0 Å². The van der Waals surface area contributed by atoms with Crippen LogP contribution in [0, 0.1) is 24.4 Å². The Morgan fingerprint density at radius 1 is 0.900 bits per heavy atom. The standard InChI is InChI=1S/C26H18FN3/c1-28-21-7-3-5-17(13-21)18-9-10-20-16-26(25(30-29-2)23(20)14-18)12-11-22-19(15-26)6-4-8-24(22)27/h3-10,13-14H,11-12,15-16H2/b30-25+. The van der Waals surface area contributed by atoms with Crippen molar-refractivity contribution in [2.45, 2.75) is 25.7 Å². The van der Waals surface area contributed by atoms with Crippen LogP contribution in [0.1, 0.15) is 28.7 Å². The average Bonchev–Trinajstić information content (AvgIpc) is 3.06. The van der Waals surface area contributed by atoms with Crippen LogP contribution >= 0.6 is 0 Å². The number of halogens is 1. The Morgan fingerprint density at radius 2 is 1.70 bits per heavy atom. The second kappa shape index (κ2) is 6.94.